The van der Waals surface area contributed by atoms with Crippen molar-refractivity contribution in [2.24, 2.45) is 0 Å². The quantitative estimate of drug-likeness (QED) is 0.175. The number of anilines is 2. The Kier molecular flexibility index (Phi) is 7.69. The van der Waals surface area contributed by atoms with Gasteiger partial charge in [0.1, 0.15) is 33.7 Å². The third-order valence-corrected chi connectivity index (χ3v) is 13.8. The van der Waals surface area contributed by atoms with Gasteiger partial charge in [-0.25, -0.2) is 0 Å². The highest BCUT2D eigenvalue weighted by Crippen LogP contribution is 2.46. The zero-order valence-corrected chi connectivity index (χ0v) is 36.6. The fourth-order valence-electron chi connectivity index (χ4n) is 10.6. The predicted molar refractivity (Wildman–Crippen MR) is 275 cm³/mol. The first-order valence-electron chi connectivity index (χ1n) is 22.6. The van der Waals surface area contributed by atoms with E-state index < -0.39 is 0 Å². The molecule has 0 amide bonds. The van der Waals surface area contributed by atoms with Gasteiger partial charge in [-0.2, -0.15) is 0 Å². The highest BCUT2D eigenvalue weighted by molar-refractivity contribution is 6.73. The second-order valence-electron chi connectivity index (χ2n) is 18.8. The number of hydrogen-bond donors (Lipinski definition) is 1. The van der Waals surface area contributed by atoms with Gasteiger partial charge in [-0.05, 0) is 82.2 Å². The molecule has 1 aliphatic heterocycles. The third-order valence-electron chi connectivity index (χ3n) is 13.8. The lowest BCUT2D eigenvalue weighted by Gasteiger charge is -2.24. The van der Waals surface area contributed by atoms with Crippen molar-refractivity contribution in [3.8, 4) is 39.3 Å². The Morgan fingerprint density at radius 3 is 1.82 bits per heavy atom. The minimum absolute atomic E-state index is 0.0443. The van der Waals surface area contributed by atoms with Crippen LogP contribution in [0.3, 0.4) is 0 Å². The summed E-state index contributed by atoms with van der Waals surface area (Å²) in [6, 6.07) is 64.8. The largest absolute Gasteiger partial charge is 0.456 e. The molecule has 0 unspecified atom stereocenters. The van der Waals surface area contributed by atoms with E-state index in [4.69, 9.17) is 13.3 Å². The number of nitrogens with zero attached hydrogens (tertiary/aromatic N) is 1. The molecular formula is C60H40BN2O3. The van der Waals surface area contributed by atoms with Crippen molar-refractivity contribution >= 4 is 106 Å². The predicted octanol–water partition coefficient (Wildman–Crippen LogP) is 15.3. The van der Waals surface area contributed by atoms with Crippen LogP contribution in [0.1, 0.15) is 26.3 Å². The summed E-state index contributed by atoms with van der Waals surface area (Å²) in [4.78, 5) is 0. The van der Waals surface area contributed by atoms with Crippen molar-refractivity contribution in [1.29, 1.82) is 0 Å². The topological polar surface area (TPSA) is 56.4 Å². The van der Waals surface area contributed by atoms with Gasteiger partial charge in [0.25, 0.3) is 0 Å². The van der Waals surface area contributed by atoms with Crippen LogP contribution in [-0.4, -0.2) is 11.8 Å². The molecule has 13 aromatic rings. The van der Waals surface area contributed by atoms with E-state index in [0.717, 1.165) is 138 Å². The van der Waals surface area contributed by atoms with E-state index in [-0.39, 0.29) is 5.41 Å². The Labute approximate surface area is 380 Å². The SMILES string of the molecule is CC(C)(C)c1ccc(Nc2cc3oc4ccccc4c3cc2-c2ccc3c4cc5oc6ccccc6c5cc4n4c3c2[B]c2cc3oc(-c5ccccc5)c(-c5ccccc5)c3cc2-4)cc1. The summed E-state index contributed by atoms with van der Waals surface area (Å²) >= 11 is 0. The number of rotatable bonds is 5. The normalized spacial score (nSPS) is 12.6. The fourth-order valence-corrected chi connectivity index (χ4v) is 10.6. The molecule has 0 spiro atoms. The van der Waals surface area contributed by atoms with Gasteiger partial charge in [0.15, 0.2) is 7.28 Å². The molecule has 5 heterocycles. The maximum atomic E-state index is 6.98. The van der Waals surface area contributed by atoms with Gasteiger partial charge in [0.05, 0.1) is 11.2 Å². The van der Waals surface area contributed by atoms with Crippen LogP contribution in [0, 0.1) is 0 Å². The summed E-state index contributed by atoms with van der Waals surface area (Å²) in [6.07, 6.45) is 0. The molecule has 1 N–H and O–H groups in total. The van der Waals surface area contributed by atoms with Gasteiger partial charge in [0.2, 0.25) is 0 Å². The molecule has 0 aliphatic carbocycles. The molecular weight excluding hydrogens is 807 g/mol. The fraction of sp³-hybridized carbons (Fsp3) is 0.0667. The minimum Gasteiger partial charge on any atom is -0.456 e. The number of aromatic nitrogens is 1. The van der Waals surface area contributed by atoms with E-state index in [9.17, 15) is 0 Å². The van der Waals surface area contributed by atoms with Gasteiger partial charge in [-0.15, -0.1) is 0 Å². The van der Waals surface area contributed by atoms with Crippen molar-refractivity contribution < 1.29 is 13.3 Å². The van der Waals surface area contributed by atoms with Crippen LogP contribution >= 0.6 is 0 Å². The zero-order chi connectivity index (χ0) is 43.8. The smallest absolute Gasteiger partial charge is 0.198 e. The number of benzene rings is 9. The maximum absolute atomic E-state index is 6.98. The standard InChI is InChI=1S/C60H40BN2O3/c1-60(2,3)36-22-24-37(25-23-36)62-48-33-55-44(38-18-10-12-20-51(38)65-55)28-42(48)40-26-27-41-43-31-53-45(39-19-11-13-21-52(39)64-53)29-49(43)63-50-30-46-54(32-47(50)61-57(40)58(41)63)66-59(35-16-8-5-9-17-35)56(46)34-14-6-4-7-15-34/h4-33,62H,1-3H3. The highest BCUT2D eigenvalue weighted by atomic mass is 16.3. The van der Waals surface area contributed by atoms with E-state index in [2.05, 4.69) is 202 Å². The molecule has 66 heavy (non-hydrogen) atoms. The van der Waals surface area contributed by atoms with Crippen LogP contribution < -0.4 is 16.2 Å². The Morgan fingerprint density at radius 1 is 0.470 bits per heavy atom. The van der Waals surface area contributed by atoms with Crippen LogP contribution in [0.4, 0.5) is 11.4 Å². The first kappa shape index (κ1) is 37.2. The molecule has 311 valence electrons. The van der Waals surface area contributed by atoms with E-state index >= 15 is 0 Å². The van der Waals surface area contributed by atoms with Crippen molar-refractivity contribution in [2.45, 2.75) is 26.2 Å². The number of hydrogen-bond acceptors (Lipinski definition) is 4. The molecule has 0 atom stereocenters. The summed E-state index contributed by atoms with van der Waals surface area (Å²) in [5.41, 5.74) is 18.6. The number of nitrogens with one attached hydrogen (secondary N) is 1. The van der Waals surface area contributed by atoms with Crippen LogP contribution in [0.2, 0.25) is 0 Å². The monoisotopic (exact) mass is 847 g/mol. The summed E-state index contributed by atoms with van der Waals surface area (Å²) in [5, 5.41) is 11.6. The van der Waals surface area contributed by atoms with E-state index in [1.807, 2.05) is 18.2 Å². The zero-order valence-electron chi connectivity index (χ0n) is 36.6. The summed E-state index contributed by atoms with van der Waals surface area (Å²) < 4.78 is 22.6. The number of fused-ring (bicyclic) bond motifs is 12. The molecule has 1 radical (unpaired) electrons. The Morgan fingerprint density at radius 2 is 1.11 bits per heavy atom. The number of furan rings is 3. The van der Waals surface area contributed by atoms with Gasteiger partial charge in [-0.1, -0.05) is 148 Å². The Hall–Kier alpha value is -8.22. The second kappa shape index (κ2) is 13.6. The van der Waals surface area contributed by atoms with Crippen molar-refractivity contribution in [3.63, 3.8) is 0 Å². The Bertz CT molecular complexity index is 4130. The summed E-state index contributed by atoms with van der Waals surface area (Å²) in [6.45, 7) is 6.75. The van der Waals surface area contributed by atoms with Crippen molar-refractivity contribution in [2.75, 3.05) is 5.32 Å². The average Bonchev–Trinajstić information content (AvgIpc) is 4.10. The van der Waals surface area contributed by atoms with Crippen LogP contribution in [0.5, 0.6) is 0 Å². The van der Waals surface area contributed by atoms with Gasteiger partial charge in [-0.3, -0.25) is 0 Å². The van der Waals surface area contributed by atoms with Gasteiger partial charge in [0, 0.05) is 77.4 Å². The molecule has 6 heteroatoms. The Balaban J connectivity index is 1.07. The van der Waals surface area contributed by atoms with Crippen molar-refractivity contribution in [3.05, 3.63) is 188 Å². The lowest BCUT2D eigenvalue weighted by atomic mass is 9.59. The van der Waals surface area contributed by atoms with Crippen LogP contribution in [0.25, 0.3) is 116 Å². The molecule has 0 fully saturated rings. The maximum Gasteiger partial charge on any atom is 0.198 e. The highest BCUT2D eigenvalue weighted by Gasteiger charge is 2.30. The molecule has 4 aromatic heterocycles. The summed E-state index contributed by atoms with van der Waals surface area (Å²) in [5.74, 6) is 0.860. The lowest BCUT2D eigenvalue weighted by molar-refractivity contribution is 0.590. The molecule has 0 bridgehead atoms. The molecule has 14 rings (SSSR count). The van der Waals surface area contributed by atoms with E-state index in [0.29, 0.717) is 0 Å². The minimum atomic E-state index is 0.0443. The molecule has 0 saturated heterocycles. The van der Waals surface area contributed by atoms with Crippen molar-refractivity contribution in [1.82, 2.24) is 4.57 Å². The first-order valence-corrected chi connectivity index (χ1v) is 22.6. The van der Waals surface area contributed by atoms with Gasteiger partial charge < -0.3 is 23.1 Å². The van der Waals surface area contributed by atoms with E-state index in [1.165, 1.54) is 5.56 Å². The average molecular weight is 848 g/mol. The molecule has 9 aromatic carbocycles. The first-order chi connectivity index (χ1) is 32.3. The molecule has 0 saturated carbocycles. The van der Waals surface area contributed by atoms with E-state index in [1.54, 1.807) is 0 Å². The van der Waals surface area contributed by atoms with Crippen LogP contribution in [-0.2, 0) is 5.41 Å². The number of para-hydroxylation sites is 2. The molecule has 5 nitrogen and oxygen atoms in total. The lowest BCUT2D eigenvalue weighted by Crippen LogP contribution is -2.37. The molecule has 1 aliphatic rings. The summed E-state index contributed by atoms with van der Waals surface area (Å²) in [7, 11) is 2.37. The van der Waals surface area contributed by atoms with Crippen LogP contribution in [0.15, 0.2) is 195 Å². The van der Waals surface area contributed by atoms with Gasteiger partial charge >= 0.3 is 0 Å². The third kappa shape index (κ3) is 5.48. The second-order valence-corrected chi connectivity index (χ2v) is 18.8.